The molecule has 1 heterocycles. The predicted molar refractivity (Wildman–Crippen MR) is 86.7 cm³/mol. The standard InChI is InChI=1S/C19H23NO/c1-14-11-16(12-15(2)19(14)21)13-20-9-7-17-5-3-4-6-18(17)8-10-20/h3-6,11-12,21H,7-10,13H2,1-2H3. The summed E-state index contributed by atoms with van der Waals surface area (Å²) in [7, 11) is 0. The molecule has 0 unspecified atom stereocenters. The van der Waals surface area contributed by atoms with Crippen LogP contribution in [0.5, 0.6) is 5.75 Å². The van der Waals surface area contributed by atoms with Gasteiger partial charge >= 0.3 is 0 Å². The number of fused-ring (bicyclic) bond motifs is 1. The molecule has 0 bridgehead atoms. The van der Waals surface area contributed by atoms with Gasteiger partial charge in [0, 0.05) is 19.6 Å². The van der Waals surface area contributed by atoms with Crippen LogP contribution in [-0.2, 0) is 19.4 Å². The van der Waals surface area contributed by atoms with E-state index in [4.69, 9.17) is 0 Å². The van der Waals surface area contributed by atoms with Gasteiger partial charge in [-0.3, -0.25) is 4.90 Å². The van der Waals surface area contributed by atoms with Gasteiger partial charge in [0.15, 0.2) is 0 Å². The lowest BCUT2D eigenvalue weighted by Gasteiger charge is -2.20. The lowest BCUT2D eigenvalue weighted by molar-refractivity contribution is 0.279. The number of benzene rings is 2. The van der Waals surface area contributed by atoms with E-state index in [1.165, 1.54) is 16.7 Å². The monoisotopic (exact) mass is 281 g/mol. The van der Waals surface area contributed by atoms with Gasteiger partial charge < -0.3 is 5.11 Å². The van der Waals surface area contributed by atoms with Crippen molar-refractivity contribution in [2.75, 3.05) is 13.1 Å². The molecule has 0 aliphatic carbocycles. The average Bonchev–Trinajstić information content (AvgIpc) is 2.68. The number of nitrogens with zero attached hydrogens (tertiary/aromatic N) is 1. The molecular weight excluding hydrogens is 258 g/mol. The molecule has 2 aromatic carbocycles. The van der Waals surface area contributed by atoms with E-state index in [1.807, 2.05) is 13.8 Å². The smallest absolute Gasteiger partial charge is 0.121 e. The molecule has 2 nitrogen and oxygen atoms in total. The molecule has 1 N–H and O–H groups in total. The zero-order valence-corrected chi connectivity index (χ0v) is 12.9. The topological polar surface area (TPSA) is 23.5 Å². The lowest BCUT2D eigenvalue weighted by atomic mass is 10.0. The summed E-state index contributed by atoms with van der Waals surface area (Å²) in [5.41, 5.74) is 6.25. The molecule has 110 valence electrons. The van der Waals surface area contributed by atoms with E-state index in [9.17, 15) is 5.11 Å². The molecule has 0 atom stereocenters. The molecule has 0 fully saturated rings. The lowest BCUT2D eigenvalue weighted by Crippen LogP contribution is -2.26. The van der Waals surface area contributed by atoms with Crippen molar-refractivity contribution in [3.05, 3.63) is 64.2 Å². The third-order valence-corrected chi connectivity index (χ3v) is 4.47. The van der Waals surface area contributed by atoms with Crippen LogP contribution in [0.1, 0.15) is 27.8 Å². The SMILES string of the molecule is Cc1cc(CN2CCc3ccccc3CC2)cc(C)c1O. The van der Waals surface area contributed by atoms with Gasteiger partial charge in [-0.25, -0.2) is 0 Å². The van der Waals surface area contributed by atoms with Gasteiger partial charge in [-0.1, -0.05) is 36.4 Å². The van der Waals surface area contributed by atoms with Gasteiger partial charge in [0.05, 0.1) is 0 Å². The van der Waals surface area contributed by atoms with Crippen LogP contribution in [0.3, 0.4) is 0 Å². The number of phenols is 1. The van der Waals surface area contributed by atoms with Crippen molar-refractivity contribution in [2.24, 2.45) is 0 Å². The highest BCUT2D eigenvalue weighted by Gasteiger charge is 2.14. The third kappa shape index (κ3) is 3.11. The van der Waals surface area contributed by atoms with Crippen molar-refractivity contribution in [1.29, 1.82) is 0 Å². The first-order valence-electron chi connectivity index (χ1n) is 7.72. The van der Waals surface area contributed by atoms with E-state index in [1.54, 1.807) is 0 Å². The molecule has 0 saturated carbocycles. The molecule has 0 radical (unpaired) electrons. The molecule has 0 saturated heterocycles. The molecule has 0 spiro atoms. The first-order valence-corrected chi connectivity index (χ1v) is 7.72. The van der Waals surface area contributed by atoms with E-state index < -0.39 is 0 Å². The van der Waals surface area contributed by atoms with Crippen molar-refractivity contribution in [3.8, 4) is 5.75 Å². The highest BCUT2D eigenvalue weighted by molar-refractivity contribution is 5.42. The highest BCUT2D eigenvalue weighted by atomic mass is 16.3. The minimum atomic E-state index is 0.432. The Balaban J connectivity index is 1.73. The summed E-state index contributed by atoms with van der Waals surface area (Å²) in [4.78, 5) is 2.52. The Labute approximate surface area is 127 Å². The molecular formula is C19H23NO. The number of hydrogen-bond donors (Lipinski definition) is 1. The summed E-state index contributed by atoms with van der Waals surface area (Å²) in [5.74, 6) is 0.432. The van der Waals surface area contributed by atoms with E-state index in [0.717, 1.165) is 43.6 Å². The normalized spacial score (nSPS) is 15.5. The maximum Gasteiger partial charge on any atom is 0.121 e. The fraction of sp³-hybridized carbons (Fsp3) is 0.368. The Hall–Kier alpha value is -1.80. The Kier molecular flexibility index (Phi) is 3.98. The Morgan fingerprint density at radius 3 is 2.00 bits per heavy atom. The van der Waals surface area contributed by atoms with Crippen molar-refractivity contribution in [3.63, 3.8) is 0 Å². The summed E-state index contributed by atoms with van der Waals surface area (Å²) in [6.07, 6.45) is 2.26. The molecule has 2 aromatic rings. The maximum atomic E-state index is 9.89. The molecule has 21 heavy (non-hydrogen) atoms. The van der Waals surface area contributed by atoms with Crippen LogP contribution in [0.25, 0.3) is 0 Å². The highest BCUT2D eigenvalue weighted by Crippen LogP contribution is 2.24. The van der Waals surface area contributed by atoms with Gasteiger partial charge in [0.25, 0.3) is 0 Å². The number of aromatic hydroxyl groups is 1. The van der Waals surface area contributed by atoms with Crippen molar-refractivity contribution >= 4 is 0 Å². The molecule has 2 heteroatoms. The van der Waals surface area contributed by atoms with Crippen LogP contribution in [-0.4, -0.2) is 23.1 Å². The summed E-state index contributed by atoms with van der Waals surface area (Å²) >= 11 is 0. The number of hydrogen-bond acceptors (Lipinski definition) is 2. The molecule has 0 aromatic heterocycles. The summed E-state index contributed by atoms with van der Waals surface area (Å²) in [6, 6.07) is 13.0. The van der Waals surface area contributed by atoms with Crippen LogP contribution < -0.4 is 0 Å². The molecule has 1 aliphatic heterocycles. The van der Waals surface area contributed by atoms with Crippen LogP contribution >= 0.6 is 0 Å². The average molecular weight is 281 g/mol. The van der Waals surface area contributed by atoms with Crippen molar-refractivity contribution in [2.45, 2.75) is 33.2 Å². The van der Waals surface area contributed by atoms with E-state index >= 15 is 0 Å². The van der Waals surface area contributed by atoms with E-state index in [2.05, 4.69) is 41.3 Å². The van der Waals surface area contributed by atoms with Crippen LogP contribution in [0.15, 0.2) is 36.4 Å². The van der Waals surface area contributed by atoms with Crippen LogP contribution in [0, 0.1) is 13.8 Å². The van der Waals surface area contributed by atoms with Gasteiger partial charge in [-0.2, -0.15) is 0 Å². The zero-order valence-electron chi connectivity index (χ0n) is 12.9. The van der Waals surface area contributed by atoms with E-state index in [0.29, 0.717) is 5.75 Å². The van der Waals surface area contributed by atoms with Gasteiger partial charge in [-0.05, 0) is 54.5 Å². The maximum absolute atomic E-state index is 9.89. The number of aryl methyl sites for hydroxylation is 2. The van der Waals surface area contributed by atoms with Crippen molar-refractivity contribution in [1.82, 2.24) is 4.90 Å². The number of phenolic OH excluding ortho intramolecular Hbond substituents is 1. The Morgan fingerprint density at radius 2 is 1.48 bits per heavy atom. The third-order valence-electron chi connectivity index (χ3n) is 4.47. The summed E-state index contributed by atoms with van der Waals surface area (Å²) in [5, 5.41) is 9.89. The minimum absolute atomic E-state index is 0.432. The van der Waals surface area contributed by atoms with Gasteiger partial charge in [0.1, 0.15) is 5.75 Å². The second-order valence-corrected chi connectivity index (χ2v) is 6.12. The fourth-order valence-electron chi connectivity index (χ4n) is 3.27. The molecule has 0 amide bonds. The predicted octanol–water partition coefficient (Wildman–Crippen LogP) is 3.61. The summed E-state index contributed by atoms with van der Waals surface area (Å²) < 4.78 is 0. The first kappa shape index (κ1) is 14.2. The zero-order chi connectivity index (χ0) is 14.8. The van der Waals surface area contributed by atoms with Crippen LogP contribution in [0.2, 0.25) is 0 Å². The first-order chi connectivity index (χ1) is 10.1. The summed E-state index contributed by atoms with van der Waals surface area (Å²) in [6.45, 7) is 7.14. The van der Waals surface area contributed by atoms with Gasteiger partial charge in [-0.15, -0.1) is 0 Å². The largest absolute Gasteiger partial charge is 0.507 e. The Morgan fingerprint density at radius 1 is 0.952 bits per heavy atom. The Bertz CT molecular complexity index is 598. The quantitative estimate of drug-likeness (QED) is 0.909. The van der Waals surface area contributed by atoms with Crippen LogP contribution in [0.4, 0.5) is 0 Å². The second kappa shape index (κ2) is 5.90. The molecule has 1 aliphatic rings. The van der Waals surface area contributed by atoms with E-state index in [-0.39, 0.29) is 0 Å². The van der Waals surface area contributed by atoms with Gasteiger partial charge in [0.2, 0.25) is 0 Å². The second-order valence-electron chi connectivity index (χ2n) is 6.12. The van der Waals surface area contributed by atoms with Crippen molar-refractivity contribution < 1.29 is 5.11 Å². The fourth-order valence-corrected chi connectivity index (χ4v) is 3.27. The minimum Gasteiger partial charge on any atom is -0.507 e. The number of rotatable bonds is 2. The molecule has 3 rings (SSSR count).